The van der Waals surface area contributed by atoms with Gasteiger partial charge in [-0.2, -0.15) is 0 Å². The molecule has 1 aliphatic heterocycles. The molecule has 0 saturated heterocycles. The second-order valence-corrected chi connectivity index (χ2v) is 5.73. The average Bonchev–Trinajstić information content (AvgIpc) is 2.96. The maximum Gasteiger partial charge on any atom is 0.195 e. The van der Waals surface area contributed by atoms with Gasteiger partial charge in [0, 0.05) is 28.7 Å². The van der Waals surface area contributed by atoms with Gasteiger partial charge in [-0.05, 0) is 43.4 Å². The van der Waals surface area contributed by atoms with E-state index in [0.29, 0.717) is 0 Å². The summed E-state index contributed by atoms with van der Waals surface area (Å²) in [5.74, 6) is 0.862. The first-order valence-electron chi connectivity index (χ1n) is 6.69. The standard InChI is InChI=1S/C15H18N4S/c1-9-8-11(19-15-17-6-7-18-15)10(2)13-12(20-3)4-5-16-14(9)13/h4-5,8H,6-7H2,1-3H3,(H2,17,18,19). The van der Waals surface area contributed by atoms with Crippen LogP contribution in [0.15, 0.2) is 28.2 Å². The maximum atomic E-state index is 4.54. The number of fused-ring (bicyclic) bond motifs is 1. The summed E-state index contributed by atoms with van der Waals surface area (Å²) in [6.07, 6.45) is 3.99. The monoisotopic (exact) mass is 286 g/mol. The Labute approximate surface area is 123 Å². The second kappa shape index (κ2) is 5.32. The van der Waals surface area contributed by atoms with Crippen LogP contribution in [0.1, 0.15) is 11.1 Å². The number of aryl methyl sites for hydroxylation is 2. The van der Waals surface area contributed by atoms with Gasteiger partial charge >= 0.3 is 0 Å². The number of hydrogen-bond donors (Lipinski definition) is 2. The van der Waals surface area contributed by atoms with Crippen molar-refractivity contribution in [3.63, 3.8) is 0 Å². The van der Waals surface area contributed by atoms with E-state index in [1.807, 2.05) is 6.20 Å². The smallest absolute Gasteiger partial charge is 0.195 e. The molecule has 1 aromatic heterocycles. The molecule has 0 saturated carbocycles. The van der Waals surface area contributed by atoms with Crippen LogP contribution in [0.5, 0.6) is 0 Å². The highest BCUT2D eigenvalue weighted by Gasteiger charge is 2.13. The number of benzene rings is 1. The maximum absolute atomic E-state index is 4.54. The Morgan fingerprint density at radius 3 is 2.90 bits per heavy atom. The largest absolute Gasteiger partial charge is 0.354 e. The van der Waals surface area contributed by atoms with Gasteiger partial charge < -0.3 is 10.6 Å². The third-order valence-electron chi connectivity index (χ3n) is 3.57. The lowest BCUT2D eigenvalue weighted by Gasteiger charge is -2.15. The molecular weight excluding hydrogens is 268 g/mol. The molecule has 2 aromatic rings. The Morgan fingerprint density at radius 1 is 1.35 bits per heavy atom. The van der Waals surface area contributed by atoms with Crippen molar-refractivity contribution in [2.75, 3.05) is 24.7 Å². The van der Waals surface area contributed by atoms with Gasteiger partial charge in [0.1, 0.15) is 0 Å². The van der Waals surface area contributed by atoms with E-state index in [1.165, 1.54) is 21.4 Å². The van der Waals surface area contributed by atoms with Crippen molar-refractivity contribution in [3.05, 3.63) is 29.5 Å². The van der Waals surface area contributed by atoms with Crippen molar-refractivity contribution >= 4 is 34.3 Å². The number of aromatic nitrogens is 1. The lowest BCUT2D eigenvalue weighted by atomic mass is 10.0. The van der Waals surface area contributed by atoms with Gasteiger partial charge in [-0.25, -0.2) is 0 Å². The molecule has 0 bridgehead atoms. The number of nitrogens with one attached hydrogen (secondary N) is 2. The average molecular weight is 286 g/mol. The number of anilines is 1. The highest BCUT2D eigenvalue weighted by atomic mass is 32.2. The van der Waals surface area contributed by atoms with E-state index >= 15 is 0 Å². The Kier molecular flexibility index (Phi) is 3.53. The van der Waals surface area contributed by atoms with Gasteiger partial charge in [0.05, 0.1) is 12.1 Å². The molecular formula is C15H18N4S. The Morgan fingerprint density at radius 2 is 2.20 bits per heavy atom. The number of rotatable bonds is 2. The van der Waals surface area contributed by atoms with Gasteiger partial charge in [-0.15, -0.1) is 11.8 Å². The number of aliphatic imine (C=N–C) groups is 1. The van der Waals surface area contributed by atoms with Crippen molar-refractivity contribution in [1.29, 1.82) is 0 Å². The van der Waals surface area contributed by atoms with Crippen LogP contribution in [0.25, 0.3) is 10.9 Å². The number of guanidine groups is 1. The lowest BCUT2D eigenvalue weighted by Crippen LogP contribution is -2.26. The molecule has 0 unspecified atom stereocenters. The van der Waals surface area contributed by atoms with E-state index in [1.54, 1.807) is 11.8 Å². The minimum Gasteiger partial charge on any atom is -0.354 e. The van der Waals surface area contributed by atoms with Crippen LogP contribution >= 0.6 is 11.8 Å². The predicted molar refractivity (Wildman–Crippen MR) is 86.9 cm³/mol. The van der Waals surface area contributed by atoms with Crippen LogP contribution in [0.3, 0.4) is 0 Å². The molecule has 1 aromatic carbocycles. The molecule has 4 nitrogen and oxygen atoms in total. The van der Waals surface area contributed by atoms with E-state index in [0.717, 1.165) is 30.3 Å². The molecule has 2 heterocycles. The Bertz CT molecular complexity index is 694. The van der Waals surface area contributed by atoms with Gasteiger partial charge in [-0.3, -0.25) is 9.98 Å². The Hall–Kier alpha value is -1.75. The topological polar surface area (TPSA) is 49.3 Å². The second-order valence-electron chi connectivity index (χ2n) is 4.88. The summed E-state index contributed by atoms with van der Waals surface area (Å²) in [4.78, 5) is 10.2. The quantitative estimate of drug-likeness (QED) is 0.833. The molecule has 0 amide bonds. The lowest BCUT2D eigenvalue weighted by molar-refractivity contribution is 0.959. The molecule has 104 valence electrons. The van der Waals surface area contributed by atoms with Crippen molar-refractivity contribution < 1.29 is 0 Å². The SMILES string of the molecule is CSc1ccnc2c(C)cc(NC3=NCCN3)c(C)c12. The molecule has 20 heavy (non-hydrogen) atoms. The first kappa shape index (κ1) is 13.2. The van der Waals surface area contributed by atoms with E-state index in [2.05, 4.69) is 52.8 Å². The first-order valence-corrected chi connectivity index (χ1v) is 7.91. The molecule has 0 atom stereocenters. The number of hydrogen-bond acceptors (Lipinski definition) is 5. The van der Waals surface area contributed by atoms with Gasteiger partial charge in [0.25, 0.3) is 0 Å². The summed E-state index contributed by atoms with van der Waals surface area (Å²) in [5.41, 5.74) is 4.59. The van der Waals surface area contributed by atoms with Gasteiger partial charge in [0.15, 0.2) is 5.96 Å². The van der Waals surface area contributed by atoms with Crippen LogP contribution in [0.2, 0.25) is 0 Å². The summed E-state index contributed by atoms with van der Waals surface area (Å²) in [6, 6.07) is 4.23. The molecule has 0 aliphatic carbocycles. The van der Waals surface area contributed by atoms with Crippen molar-refractivity contribution in [1.82, 2.24) is 10.3 Å². The molecule has 1 aliphatic rings. The minimum atomic E-state index is 0.839. The minimum absolute atomic E-state index is 0.839. The molecule has 3 rings (SSSR count). The number of nitrogens with zero attached hydrogens (tertiary/aromatic N) is 2. The predicted octanol–water partition coefficient (Wildman–Crippen LogP) is 2.94. The van der Waals surface area contributed by atoms with Gasteiger partial charge in [0.2, 0.25) is 0 Å². The zero-order valence-corrected chi connectivity index (χ0v) is 12.8. The van der Waals surface area contributed by atoms with Gasteiger partial charge in [-0.1, -0.05) is 0 Å². The molecule has 0 spiro atoms. The van der Waals surface area contributed by atoms with Crippen LogP contribution in [-0.4, -0.2) is 30.3 Å². The number of thioether (sulfide) groups is 1. The fourth-order valence-electron chi connectivity index (χ4n) is 2.54. The van der Waals surface area contributed by atoms with E-state index in [9.17, 15) is 0 Å². The highest BCUT2D eigenvalue weighted by molar-refractivity contribution is 7.98. The van der Waals surface area contributed by atoms with E-state index in [4.69, 9.17) is 0 Å². The molecule has 0 radical (unpaired) electrons. The van der Waals surface area contributed by atoms with E-state index in [-0.39, 0.29) is 0 Å². The summed E-state index contributed by atoms with van der Waals surface area (Å²) >= 11 is 1.76. The van der Waals surface area contributed by atoms with Crippen molar-refractivity contribution in [2.45, 2.75) is 18.7 Å². The summed E-state index contributed by atoms with van der Waals surface area (Å²) < 4.78 is 0. The third-order valence-corrected chi connectivity index (χ3v) is 4.35. The fraction of sp³-hybridized carbons (Fsp3) is 0.333. The van der Waals surface area contributed by atoms with E-state index < -0.39 is 0 Å². The van der Waals surface area contributed by atoms with Crippen molar-refractivity contribution in [2.24, 2.45) is 4.99 Å². The first-order chi connectivity index (χ1) is 9.70. The summed E-state index contributed by atoms with van der Waals surface area (Å²) in [5, 5.41) is 7.88. The number of pyridine rings is 1. The van der Waals surface area contributed by atoms with Crippen molar-refractivity contribution in [3.8, 4) is 0 Å². The normalized spacial score (nSPS) is 14.2. The third kappa shape index (κ3) is 2.22. The van der Waals surface area contributed by atoms with Crippen LogP contribution in [0.4, 0.5) is 5.69 Å². The van der Waals surface area contributed by atoms with Crippen LogP contribution in [0, 0.1) is 13.8 Å². The summed E-state index contributed by atoms with van der Waals surface area (Å²) in [7, 11) is 0. The zero-order chi connectivity index (χ0) is 14.1. The van der Waals surface area contributed by atoms with Crippen LogP contribution < -0.4 is 10.6 Å². The molecule has 5 heteroatoms. The fourth-order valence-corrected chi connectivity index (χ4v) is 3.19. The highest BCUT2D eigenvalue weighted by Crippen LogP contribution is 2.33. The summed E-state index contributed by atoms with van der Waals surface area (Å²) in [6.45, 7) is 5.99. The van der Waals surface area contributed by atoms with Crippen LogP contribution in [-0.2, 0) is 0 Å². The molecule has 2 N–H and O–H groups in total. The molecule has 0 fully saturated rings. The zero-order valence-electron chi connectivity index (χ0n) is 11.9. The Balaban J connectivity index is 2.16.